The lowest BCUT2D eigenvalue weighted by Crippen LogP contribution is -2.25. The second-order valence-corrected chi connectivity index (χ2v) is 5.48. The van der Waals surface area contributed by atoms with E-state index in [1.807, 2.05) is 29.6 Å². The Balaban J connectivity index is 1.90. The average Bonchev–Trinajstić information content (AvgIpc) is 3.05. The summed E-state index contributed by atoms with van der Waals surface area (Å²) in [5.74, 6) is 0.0963. The zero-order chi connectivity index (χ0) is 12.5. The Hall–Kier alpha value is -1.23. The van der Waals surface area contributed by atoms with Crippen LogP contribution in [0.4, 0.5) is 0 Å². The van der Waals surface area contributed by atoms with Crippen LogP contribution >= 0.6 is 11.3 Å². The molecular formula is C14H15NO2S. The third-order valence-electron chi connectivity index (χ3n) is 3.41. The van der Waals surface area contributed by atoms with Crippen molar-refractivity contribution >= 4 is 27.2 Å². The summed E-state index contributed by atoms with van der Waals surface area (Å²) in [4.78, 5) is 12.5. The summed E-state index contributed by atoms with van der Waals surface area (Å²) < 4.78 is 6.74. The smallest absolute Gasteiger partial charge is 0.192 e. The van der Waals surface area contributed by atoms with E-state index in [1.165, 1.54) is 0 Å². The van der Waals surface area contributed by atoms with E-state index in [0.717, 1.165) is 28.5 Å². The van der Waals surface area contributed by atoms with Crippen molar-refractivity contribution in [3.05, 3.63) is 35.2 Å². The zero-order valence-corrected chi connectivity index (χ0v) is 10.8. The van der Waals surface area contributed by atoms with Crippen molar-refractivity contribution in [2.75, 3.05) is 6.54 Å². The Morgan fingerprint density at radius 1 is 1.39 bits per heavy atom. The van der Waals surface area contributed by atoms with Crippen LogP contribution in [0.5, 0.6) is 0 Å². The Kier molecular flexibility index (Phi) is 3.16. The van der Waals surface area contributed by atoms with E-state index >= 15 is 0 Å². The van der Waals surface area contributed by atoms with Gasteiger partial charge < -0.3 is 10.5 Å². The van der Waals surface area contributed by atoms with Crippen molar-refractivity contribution in [3.8, 4) is 0 Å². The standard InChI is InChI=1S/C14H15NO2S/c15-8-10-4-5-12(17-10)13(16)11-3-1-2-9-6-7-18-14(9)11/h1-3,6-7,10,12H,4-5,8,15H2. The Bertz CT molecular complexity index is 578. The molecule has 1 aromatic carbocycles. The summed E-state index contributed by atoms with van der Waals surface area (Å²) in [5, 5.41) is 3.14. The fourth-order valence-electron chi connectivity index (χ4n) is 2.43. The van der Waals surface area contributed by atoms with E-state index in [2.05, 4.69) is 0 Å². The summed E-state index contributed by atoms with van der Waals surface area (Å²) in [6.45, 7) is 0.493. The lowest BCUT2D eigenvalue weighted by Gasteiger charge is -2.11. The first-order valence-corrected chi connectivity index (χ1v) is 7.03. The lowest BCUT2D eigenvalue weighted by molar-refractivity contribution is 0.0406. The number of hydrogen-bond donors (Lipinski definition) is 1. The molecule has 0 spiro atoms. The number of nitrogens with two attached hydrogens (primary N) is 1. The van der Waals surface area contributed by atoms with Gasteiger partial charge in [-0.1, -0.05) is 12.1 Å². The number of fused-ring (bicyclic) bond motifs is 1. The highest BCUT2D eigenvalue weighted by atomic mass is 32.1. The summed E-state index contributed by atoms with van der Waals surface area (Å²) in [5.41, 5.74) is 6.36. The molecule has 18 heavy (non-hydrogen) atoms. The molecule has 0 radical (unpaired) electrons. The lowest BCUT2D eigenvalue weighted by atomic mass is 10.0. The zero-order valence-electron chi connectivity index (χ0n) is 9.96. The molecule has 2 heterocycles. The highest BCUT2D eigenvalue weighted by Crippen LogP contribution is 2.29. The third kappa shape index (κ3) is 1.96. The molecular weight excluding hydrogens is 246 g/mol. The van der Waals surface area contributed by atoms with Gasteiger partial charge >= 0.3 is 0 Å². The number of rotatable bonds is 3. The number of benzene rings is 1. The SMILES string of the molecule is NCC1CCC(C(=O)c2cccc3ccsc23)O1. The largest absolute Gasteiger partial charge is 0.366 e. The van der Waals surface area contributed by atoms with E-state index in [-0.39, 0.29) is 18.0 Å². The number of hydrogen-bond acceptors (Lipinski definition) is 4. The topological polar surface area (TPSA) is 52.3 Å². The van der Waals surface area contributed by atoms with Gasteiger partial charge in [0.15, 0.2) is 5.78 Å². The van der Waals surface area contributed by atoms with Crippen LogP contribution in [-0.4, -0.2) is 24.5 Å². The molecule has 0 aliphatic carbocycles. The van der Waals surface area contributed by atoms with Crippen LogP contribution in [0.15, 0.2) is 29.6 Å². The molecule has 3 rings (SSSR count). The van der Waals surface area contributed by atoms with Crippen molar-refractivity contribution in [2.45, 2.75) is 25.0 Å². The molecule has 1 fully saturated rings. The van der Waals surface area contributed by atoms with Crippen molar-refractivity contribution in [2.24, 2.45) is 5.73 Å². The Morgan fingerprint density at radius 2 is 2.28 bits per heavy atom. The summed E-state index contributed by atoms with van der Waals surface area (Å²) >= 11 is 1.61. The van der Waals surface area contributed by atoms with Gasteiger partial charge in [0, 0.05) is 16.8 Å². The van der Waals surface area contributed by atoms with Gasteiger partial charge in [0.25, 0.3) is 0 Å². The van der Waals surface area contributed by atoms with Crippen molar-refractivity contribution in [1.29, 1.82) is 0 Å². The molecule has 3 nitrogen and oxygen atoms in total. The van der Waals surface area contributed by atoms with Crippen molar-refractivity contribution in [1.82, 2.24) is 0 Å². The minimum atomic E-state index is -0.314. The number of ketones is 1. The van der Waals surface area contributed by atoms with E-state index < -0.39 is 0 Å². The van der Waals surface area contributed by atoms with Crippen LogP contribution < -0.4 is 5.73 Å². The second kappa shape index (κ2) is 4.80. The van der Waals surface area contributed by atoms with Gasteiger partial charge in [0.05, 0.1) is 6.10 Å². The molecule has 1 saturated heterocycles. The number of ether oxygens (including phenoxy) is 1. The first-order valence-electron chi connectivity index (χ1n) is 6.15. The predicted molar refractivity (Wildman–Crippen MR) is 73.1 cm³/mol. The van der Waals surface area contributed by atoms with Crippen LogP contribution in [0.2, 0.25) is 0 Å². The van der Waals surface area contributed by atoms with Gasteiger partial charge in [-0.25, -0.2) is 0 Å². The van der Waals surface area contributed by atoms with Gasteiger partial charge in [-0.15, -0.1) is 11.3 Å². The minimum absolute atomic E-state index is 0.0430. The number of carbonyl (C=O) groups excluding carboxylic acids is 1. The van der Waals surface area contributed by atoms with Crippen LogP contribution in [0.3, 0.4) is 0 Å². The molecule has 2 aromatic rings. The fourth-order valence-corrected chi connectivity index (χ4v) is 3.35. The van der Waals surface area contributed by atoms with Gasteiger partial charge in [-0.3, -0.25) is 4.79 Å². The Morgan fingerprint density at radius 3 is 3.06 bits per heavy atom. The number of thiophene rings is 1. The van der Waals surface area contributed by atoms with E-state index in [0.29, 0.717) is 6.54 Å². The summed E-state index contributed by atoms with van der Waals surface area (Å²) in [6, 6.07) is 7.88. The molecule has 2 N–H and O–H groups in total. The van der Waals surface area contributed by atoms with Gasteiger partial charge in [0.2, 0.25) is 0 Å². The van der Waals surface area contributed by atoms with Crippen LogP contribution in [0, 0.1) is 0 Å². The molecule has 2 atom stereocenters. The van der Waals surface area contributed by atoms with Gasteiger partial charge in [-0.2, -0.15) is 0 Å². The van der Waals surface area contributed by atoms with Crippen molar-refractivity contribution < 1.29 is 9.53 Å². The molecule has 1 aromatic heterocycles. The minimum Gasteiger partial charge on any atom is -0.366 e. The van der Waals surface area contributed by atoms with Crippen LogP contribution in [0.25, 0.3) is 10.1 Å². The second-order valence-electron chi connectivity index (χ2n) is 4.57. The highest BCUT2D eigenvalue weighted by Gasteiger charge is 2.31. The molecule has 4 heteroatoms. The molecule has 2 unspecified atom stereocenters. The summed E-state index contributed by atoms with van der Waals surface area (Å²) in [6.07, 6.45) is 1.39. The maximum absolute atomic E-state index is 12.5. The molecule has 1 aliphatic heterocycles. The fraction of sp³-hybridized carbons (Fsp3) is 0.357. The average molecular weight is 261 g/mol. The third-order valence-corrected chi connectivity index (χ3v) is 4.37. The van der Waals surface area contributed by atoms with Crippen molar-refractivity contribution in [3.63, 3.8) is 0 Å². The molecule has 1 aliphatic rings. The predicted octanol–water partition coefficient (Wildman–Crippen LogP) is 2.59. The quantitative estimate of drug-likeness (QED) is 0.864. The number of carbonyl (C=O) groups is 1. The summed E-state index contributed by atoms with van der Waals surface area (Å²) in [7, 11) is 0. The maximum Gasteiger partial charge on any atom is 0.192 e. The Labute approximate surface area is 110 Å². The highest BCUT2D eigenvalue weighted by molar-refractivity contribution is 7.17. The normalized spacial score (nSPS) is 23.6. The maximum atomic E-state index is 12.5. The first-order chi connectivity index (χ1) is 8.79. The van der Waals surface area contributed by atoms with E-state index in [9.17, 15) is 4.79 Å². The first kappa shape index (κ1) is 11.8. The van der Waals surface area contributed by atoms with Crippen LogP contribution in [-0.2, 0) is 4.74 Å². The van der Waals surface area contributed by atoms with Crippen LogP contribution in [0.1, 0.15) is 23.2 Å². The molecule has 0 bridgehead atoms. The molecule has 94 valence electrons. The monoisotopic (exact) mass is 261 g/mol. The number of Topliss-reactive ketones (excluding diaryl/α,β-unsaturated/α-hetero) is 1. The molecule has 0 amide bonds. The van der Waals surface area contributed by atoms with E-state index in [1.54, 1.807) is 11.3 Å². The van der Waals surface area contributed by atoms with E-state index in [4.69, 9.17) is 10.5 Å². The molecule has 0 saturated carbocycles. The van der Waals surface area contributed by atoms with Gasteiger partial charge in [0.1, 0.15) is 6.10 Å². The van der Waals surface area contributed by atoms with Gasteiger partial charge in [-0.05, 0) is 35.7 Å².